The van der Waals surface area contributed by atoms with Crippen LogP contribution in [0.2, 0.25) is 0 Å². The van der Waals surface area contributed by atoms with Crippen LogP contribution in [-0.4, -0.2) is 77.5 Å². The van der Waals surface area contributed by atoms with Crippen molar-refractivity contribution in [2.45, 2.75) is 38.7 Å². The van der Waals surface area contributed by atoms with Gasteiger partial charge in [-0.25, -0.2) is 9.59 Å². The number of ether oxygens (including phenoxy) is 8. The lowest BCUT2D eigenvalue weighted by Crippen LogP contribution is -2.36. The standard InChI is InChI=1S/C36H42O10/c1-26-20-32(45-35(37)28-6-10-30(11-7-28)42-17-3-2-16-39-21-27-22-40-23-27)14-15-34(26)46-36(38)29-8-12-31(13-9-29)43-18-4-5-19-44-33-24-41-25-33/h6-15,20,27,33H,2-5,16-19,21-25H2,1H3. The van der Waals surface area contributed by atoms with Gasteiger partial charge in [-0.1, -0.05) is 0 Å². The molecule has 0 aromatic heterocycles. The molecule has 246 valence electrons. The van der Waals surface area contributed by atoms with Crippen LogP contribution >= 0.6 is 0 Å². The second-order valence-corrected chi connectivity index (χ2v) is 11.4. The maximum absolute atomic E-state index is 12.7. The Kier molecular flexibility index (Phi) is 12.8. The van der Waals surface area contributed by atoms with Crippen molar-refractivity contribution in [2.75, 3.05) is 59.5 Å². The van der Waals surface area contributed by atoms with Gasteiger partial charge in [0.05, 0.1) is 57.4 Å². The number of unbranched alkanes of at least 4 members (excludes halogenated alkanes) is 2. The van der Waals surface area contributed by atoms with Gasteiger partial charge in [0.1, 0.15) is 29.1 Å². The minimum atomic E-state index is -0.496. The maximum Gasteiger partial charge on any atom is 0.343 e. The molecule has 0 aliphatic carbocycles. The molecule has 2 aliphatic heterocycles. The Labute approximate surface area is 269 Å². The number of carbonyl (C=O) groups excluding carboxylic acids is 2. The Bertz CT molecular complexity index is 1380. The van der Waals surface area contributed by atoms with Gasteiger partial charge < -0.3 is 37.9 Å². The molecule has 2 aliphatic rings. The lowest BCUT2D eigenvalue weighted by molar-refractivity contribution is -0.130. The molecule has 3 aromatic carbocycles. The zero-order chi connectivity index (χ0) is 32.0. The first-order chi connectivity index (χ1) is 22.5. The van der Waals surface area contributed by atoms with Crippen molar-refractivity contribution < 1.29 is 47.5 Å². The Morgan fingerprint density at radius 3 is 1.74 bits per heavy atom. The van der Waals surface area contributed by atoms with Crippen LogP contribution in [-0.2, 0) is 18.9 Å². The van der Waals surface area contributed by atoms with E-state index in [1.54, 1.807) is 73.7 Å². The van der Waals surface area contributed by atoms with E-state index >= 15 is 0 Å². The number of carbonyl (C=O) groups is 2. The molecule has 2 saturated heterocycles. The van der Waals surface area contributed by atoms with Crippen molar-refractivity contribution in [3.05, 3.63) is 83.4 Å². The summed E-state index contributed by atoms with van der Waals surface area (Å²) in [6, 6.07) is 18.5. The molecule has 2 fully saturated rings. The lowest BCUT2D eigenvalue weighted by atomic mass is 10.1. The lowest BCUT2D eigenvalue weighted by Gasteiger charge is -2.25. The molecule has 0 amide bonds. The van der Waals surface area contributed by atoms with Crippen LogP contribution < -0.4 is 18.9 Å². The predicted octanol–water partition coefficient (Wildman–Crippen LogP) is 5.83. The van der Waals surface area contributed by atoms with Crippen LogP contribution in [0.15, 0.2) is 66.7 Å². The van der Waals surface area contributed by atoms with Crippen LogP contribution in [0.25, 0.3) is 0 Å². The second-order valence-electron chi connectivity index (χ2n) is 11.4. The van der Waals surface area contributed by atoms with E-state index in [0.717, 1.165) is 45.5 Å². The summed E-state index contributed by atoms with van der Waals surface area (Å²) >= 11 is 0. The fraction of sp³-hybridized carbons (Fsp3) is 0.444. The first-order valence-electron chi connectivity index (χ1n) is 15.9. The van der Waals surface area contributed by atoms with Crippen molar-refractivity contribution in [3.8, 4) is 23.0 Å². The summed E-state index contributed by atoms with van der Waals surface area (Å²) in [5.74, 6) is 1.65. The fourth-order valence-corrected chi connectivity index (χ4v) is 4.58. The summed E-state index contributed by atoms with van der Waals surface area (Å²) in [4.78, 5) is 25.4. The normalized spacial score (nSPS) is 14.6. The molecule has 5 rings (SSSR count). The van der Waals surface area contributed by atoms with Crippen LogP contribution in [0.5, 0.6) is 23.0 Å². The van der Waals surface area contributed by atoms with Gasteiger partial charge in [0, 0.05) is 19.1 Å². The third kappa shape index (κ3) is 10.6. The van der Waals surface area contributed by atoms with Gasteiger partial charge >= 0.3 is 11.9 Å². The quantitative estimate of drug-likeness (QED) is 0.0908. The van der Waals surface area contributed by atoms with Gasteiger partial charge in [-0.05, 0) is 105 Å². The molecular weight excluding hydrogens is 592 g/mol. The number of aryl methyl sites for hydroxylation is 1. The SMILES string of the molecule is Cc1cc(OC(=O)c2ccc(OCCCCOCC3COC3)cc2)ccc1OC(=O)c1ccc(OCCCCOC2COC2)cc1. The number of hydrogen-bond donors (Lipinski definition) is 0. The molecule has 10 heteroatoms. The van der Waals surface area contributed by atoms with E-state index in [-0.39, 0.29) is 6.10 Å². The van der Waals surface area contributed by atoms with E-state index in [4.69, 9.17) is 37.9 Å². The van der Waals surface area contributed by atoms with Gasteiger partial charge in [0.2, 0.25) is 0 Å². The van der Waals surface area contributed by atoms with E-state index in [2.05, 4.69) is 0 Å². The van der Waals surface area contributed by atoms with E-state index in [1.807, 2.05) is 0 Å². The van der Waals surface area contributed by atoms with Crippen molar-refractivity contribution in [1.82, 2.24) is 0 Å². The monoisotopic (exact) mass is 634 g/mol. The zero-order valence-corrected chi connectivity index (χ0v) is 26.3. The number of rotatable bonds is 19. The number of esters is 2. The largest absolute Gasteiger partial charge is 0.494 e. The Balaban J connectivity index is 0.989. The molecule has 0 saturated carbocycles. The summed E-state index contributed by atoms with van der Waals surface area (Å²) in [7, 11) is 0. The molecule has 3 aromatic rings. The minimum absolute atomic E-state index is 0.243. The van der Waals surface area contributed by atoms with Crippen LogP contribution in [0.1, 0.15) is 52.0 Å². The van der Waals surface area contributed by atoms with Crippen molar-refractivity contribution >= 4 is 11.9 Å². The highest BCUT2D eigenvalue weighted by Crippen LogP contribution is 2.26. The molecule has 0 atom stereocenters. The van der Waals surface area contributed by atoms with Crippen molar-refractivity contribution in [1.29, 1.82) is 0 Å². The summed E-state index contributed by atoms with van der Waals surface area (Å²) in [5, 5.41) is 0. The maximum atomic E-state index is 12.7. The summed E-state index contributed by atoms with van der Waals surface area (Å²) in [6.07, 6.45) is 3.83. The Morgan fingerprint density at radius 2 is 1.20 bits per heavy atom. The van der Waals surface area contributed by atoms with Gasteiger partial charge in [0.15, 0.2) is 0 Å². The highest BCUT2D eigenvalue weighted by atomic mass is 16.6. The molecule has 46 heavy (non-hydrogen) atoms. The molecule has 2 heterocycles. The van der Waals surface area contributed by atoms with Gasteiger partial charge in [-0.15, -0.1) is 0 Å². The molecule has 0 bridgehead atoms. The van der Waals surface area contributed by atoms with Gasteiger partial charge in [0.25, 0.3) is 0 Å². The van der Waals surface area contributed by atoms with Crippen LogP contribution in [0.4, 0.5) is 0 Å². The minimum Gasteiger partial charge on any atom is -0.494 e. The fourth-order valence-electron chi connectivity index (χ4n) is 4.58. The smallest absolute Gasteiger partial charge is 0.343 e. The molecule has 0 radical (unpaired) electrons. The van der Waals surface area contributed by atoms with Crippen LogP contribution in [0, 0.1) is 12.8 Å². The summed E-state index contributed by atoms with van der Waals surface area (Å²) < 4.78 is 44.2. The average molecular weight is 635 g/mol. The topological polar surface area (TPSA) is 108 Å². The molecule has 0 unspecified atom stereocenters. The van der Waals surface area contributed by atoms with Crippen LogP contribution in [0.3, 0.4) is 0 Å². The van der Waals surface area contributed by atoms with Crippen molar-refractivity contribution in [3.63, 3.8) is 0 Å². The predicted molar refractivity (Wildman–Crippen MR) is 169 cm³/mol. The molecule has 0 N–H and O–H groups in total. The molecule has 10 nitrogen and oxygen atoms in total. The first-order valence-corrected chi connectivity index (χ1v) is 15.9. The molecular formula is C36H42O10. The number of hydrogen-bond acceptors (Lipinski definition) is 10. The van der Waals surface area contributed by atoms with Crippen molar-refractivity contribution in [2.24, 2.45) is 5.92 Å². The summed E-state index contributed by atoms with van der Waals surface area (Å²) in [6.45, 7) is 8.08. The zero-order valence-electron chi connectivity index (χ0n) is 26.3. The van der Waals surface area contributed by atoms with E-state index < -0.39 is 11.9 Å². The van der Waals surface area contributed by atoms with E-state index in [1.165, 1.54) is 0 Å². The molecule has 0 spiro atoms. The van der Waals surface area contributed by atoms with E-state index in [9.17, 15) is 9.59 Å². The third-order valence-electron chi connectivity index (χ3n) is 7.52. The third-order valence-corrected chi connectivity index (χ3v) is 7.52. The summed E-state index contributed by atoms with van der Waals surface area (Å²) in [5.41, 5.74) is 1.45. The Morgan fingerprint density at radius 1 is 0.652 bits per heavy atom. The second kappa shape index (κ2) is 17.7. The van der Waals surface area contributed by atoms with Gasteiger partial charge in [-0.3, -0.25) is 0 Å². The Hall–Kier alpha value is -3.96. The number of benzene rings is 3. The van der Waals surface area contributed by atoms with Gasteiger partial charge in [-0.2, -0.15) is 0 Å². The average Bonchev–Trinajstić information content (AvgIpc) is 3.02. The highest BCUT2D eigenvalue weighted by molar-refractivity contribution is 5.92. The first kappa shape index (κ1) is 33.4. The highest BCUT2D eigenvalue weighted by Gasteiger charge is 2.19. The van der Waals surface area contributed by atoms with E-state index in [0.29, 0.717) is 85.2 Å².